The summed E-state index contributed by atoms with van der Waals surface area (Å²) in [7, 11) is 1.63. The number of anilines is 5. The number of carbonyl (C=O) groups excluding carboxylic acids is 8. The molecule has 4 aromatic heterocycles. The summed E-state index contributed by atoms with van der Waals surface area (Å²) in [6.07, 6.45) is 23.6. The second-order valence-corrected chi connectivity index (χ2v) is 34.6. The molecule has 2 unspecified atom stereocenters. The van der Waals surface area contributed by atoms with Gasteiger partial charge in [0, 0.05) is 146 Å². The number of nitrogen functional groups attached to an aromatic ring is 2. The number of piperidine rings is 1. The Morgan fingerprint density at radius 2 is 1.38 bits per heavy atom. The van der Waals surface area contributed by atoms with Gasteiger partial charge >= 0.3 is 12.1 Å². The SMILES string of the molecule is CO[C@H]1CC2CCCC(O2)C(=O)C(=O)N2CCCC[C@H]2C(=O)O[C@H](CCC2CCC(OC(=O)NCCOCCOCCOCCOCCC(=O)NCc3cnc(N4CCN(c5ncc(C(=O)N6CCc7cc(CNc8ncnc(N)c8C(=N)c8ccc9oc(N)nc9c8)ccc7C6)cn5)CC4)nc3)CC2)CC(=O)[C@H](C)/C=C(\C)[C@@H](O)CC(=O)[C@H](C)C[C@H](C)/C=C/C=CC=C1C. The van der Waals surface area contributed by atoms with Crippen LogP contribution in [0.5, 0.6) is 0 Å². The molecule has 6 aliphatic rings. The maximum atomic E-state index is 14.4. The molecule has 5 aliphatic heterocycles. The van der Waals surface area contributed by atoms with Gasteiger partial charge in [-0.25, -0.2) is 39.5 Å². The number of hydrogen-bond acceptors (Lipinski definition) is 31. The molecule has 9 N–H and O–H groups in total. The molecule has 1 aliphatic carbocycles. The van der Waals surface area contributed by atoms with E-state index in [1.54, 1.807) is 70.0 Å². The Bertz CT molecular complexity index is 4950. The number of esters is 1. The van der Waals surface area contributed by atoms with Crippen LogP contribution in [0.4, 0.5) is 34.3 Å². The fourth-order valence-corrected chi connectivity index (χ4v) is 17.3. The van der Waals surface area contributed by atoms with Gasteiger partial charge in [0.05, 0.1) is 88.0 Å². The molecule has 3 saturated heterocycles. The van der Waals surface area contributed by atoms with E-state index in [-0.39, 0.29) is 129 Å². The van der Waals surface area contributed by atoms with Crippen LogP contribution in [0.25, 0.3) is 11.1 Å². The lowest BCUT2D eigenvalue weighted by Crippen LogP contribution is -2.54. The zero-order chi connectivity index (χ0) is 92.0. The molecule has 2 bridgehead atoms. The number of alkyl carbamates (subject to hydrolysis) is 1. The lowest BCUT2D eigenvalue weighted by Gasteiger charge is -2.36. The number of hydrogen-bond donors (Lipinski definition) is 7. The van der Waals surface area contributed by atoms with Gasteiger partial charge in [-0.2, -0.15) is 4.98 Å². The Labute approximate surface area is 758 Å². The number of aromatic nitrogens is 7. The van der Waals surface area contributed by atoms with Crippen LogP contribution in [-0.4, -0.2) is 251 Å². The number of Topliss-reactive ketones (excluding diaryl/α,β-unsaturated/α-hetero) is 3. The smallest absolute Gasteiger partial charge is 0.407 e. The van der Waals surface area contributed by atoms with Gasteiger partial charge in [-0.15, -0.1) is 0 Å². The van der Waals surface area contributed by atoms with Crippen LogP contribution in [0, 0.1) is 29.1 Å². The van der Waals surface area contributed by atoms with E-state index in [2.05, 4.69) is 66.7 Å². The van der Waals surface area contributed by atoms with Gasteiger partial charge in [0.1, 0.15) is 59.4 Å². The van der Waals surface area contributed by atoms with Crippen LogP contribution in [0.3, 0.4) is 0 Å². The molecule has 4 amide bonds. The van der Waals surface area contributed by atoms with Gasteiger partial charge in [0.25, 0.3) is 17.8 Å². The molecule has 2 aromatic carbocycles. The van der Waals surface area contributed by atoms with E-state index in [0.29, 0.717) is 220 Å². The molecule has 0 spiro atoms. The summed E-state index contributed by atoms with van der Waals surface area (Å²) in [5, 5.41) is 29.2. The number of nitrogens with two attached hydrogens (primary N) is 2. The molecule has 35 heteroatoms. The van der Waals surface area contributed by atoms with Crippen LogP contribution < -0.4 is 37.2 Å². The van der Waals surface area contributed by atoms with Crippen LogP contribution in [0.15, 0.2) is 120 Å². The maximum absolute atomic E-state index is 14.4. The number of nitrogens with zero attached hydrogens (tertiary/aromatic N) is 11. The Balaban J connectivity index is 0.479. The number of aliphatic hydroxyl groups is 1. The van der Waals surface area contributed by atoms with E-state index in [0.717, 1.165) is 40.7 Å². The third-order valence-electron chi connectivity index (χ3n) is 24.9. The third-order valence-corrected chi connectivity index (χ3v) is 24.9. The highest BCUT2D eigenvalue weighted by molar-refractivity contribution is 6.38. The van der Waals surface area contributed by atoms with E-state index in [1.165, 1.54) is 11.2 Å². The van der Waals surface area contributed by atoms with Crippen molar-refractivity contribution in [3.8, 4) is 0 Å². The standard InChI is InChI=1S/C95H127N17O18/c1-60-13-8-7-9-14-61(2)82(122-6)50-73-15-12-17-81(127-73)86(117)90(119)112-31-11-10-16-76(112)91(120)128-74(49-77(113)63(4)46-64(5)79(115)51-78(114)62(3)45-60)26-21-65-19-24-72(25-20-65)129-95(121)99-30-38-124-40-42-126-44-43-125-41-39-123-37-29-83(116)100-53-67-54-102-93(103-55-67)109-33-35-110(36-34-109)94-104-56-71(57-105-94)89(118)111-32-28-68-47-66(18-22-70(68)58-111)52-101-88-84(87(97)106-59-107-88)85(96)69-23-27-80-75(48-69)108-92(98)130-80/h7-9,13-14,18,22-23,27,46-48,54-57,59-60,62-63,65,72-74,76,79,81-82,96,115H,10-12,15-17,19-21,24-26,28-45,49-53,58H2,1-6H3,(H2,98,108)(H,99,121)(H,100,116)(H3,97,101,106,107)/b9-7?,13-8+,61-14?,64-46+,96-85?/t60-,62-,63-,65?,72?,73?,74-,76+,79+,81?,82+/m1/s1. The number of ether oxygens (including phenoxy) is 8. The molecule has 9 atom stereocenters. The maximum Gasteiger partial charge on any atom is 0.407 e. The minimum absolute atomic E-state index is 0.0385. The fraction of sp³-hybridized carbons (Fsp3) is 0.558. The Morgan fingerprint density at radius 3 is 2.10 bits per heavy atom. The predicted octanol–water partition coefficient (Wildman–Crippen LogP) is 9.85. The molecule has 700 valence electrons. The van der Waals surface area contributed by atoms with Gasteiger partial charge in [0.15, 0.2) is 5.58 Å². The number of cyclic esters (lactones) is 1. The van der Waals surface area contributed by atoms with E-state index in [4.69, 9.17) is 59.2 Å². The molecular weight excluding hydrogens is 1670 g/mol. The zero-order valence-corrected chi connectivity index (χ0v) is 75.6. The number of rotatable bonds is 30. The van der Waals surface area contributed by atoms with Crippen molar-refractivity contribution in [3.05, 3.63) is 154 Å². The summed E-state index contributed by atoms with van der Waals surface area (Å²) in [5.41, 5.74) is 19.9. The van der Waals surface area contributed by atoms with Crippen LogP contribution in [0.2, 0.25) is 0 Å². The quantitative estimate of drug-likeness (QED) is 0.00724. The summed E-state index contributed by atoms with van der Waals surface area (Å²) < 4.78 is 52.2. The van der Waals surface area contributed by atoms with E-state index < -0.39 is 54.0 Å². The van der Waals surface area contributed by atoms with E-state index in [9.17, 15) is 43.5 Å². The first-order valence-electron chi connectivity index (χ1n) is 45.7. The van der Waals surface area contributed by atoms with Crippen molar-refractivity contribution < 1.29 is 85.8 Å². The molecular formula is C95H127N17O18. The summed E-state index contributed by atoms with van der Waals surface area (Å²) in [5.74, 6) is -1.83. The van der Waals surface area contributed by atoms with Crippen molar-refractivity contribution in [2.24, 2.45) is 23.7 Å². The number of ketones is 3. The first kappa shape index (κ1) is 97.7. The number of amides is 4. The number of carbonyl (C=O) groups is 8. The summed E-state index contributed by atoms with van der Waals surface area (Å²) in [6.45, 7) is 16.2. The minimum Gasteiger partial charge on any atom is -0.460 e. The molecule has 6 aromatic rings. The average molecular weight is 1800 g/mol. The Hall–Kier alpha value is -11.3. The second kappa shape index (κ2) is 49.1. The summed E-state index contributed by atoms with van der Waals surface area (Å²) in [4.78, 5) is 148. The number of oxazole rings is 1. The zero-order valence-electron chi connectivity index (χ0n) is 75.6. The summed E-state index contributed by atoms with van der Waals surface area (Å²) >= 11 is 0. The van der Waals surface area contributed by atoms with Gasteiger partial charge in [-0.3, -0.25) is 34.2 Å². The first-order chi connectivity index (χ1) is 62.9. The topological polar surface area (TPSA) is 459 Å². The van der Waals surface area contributed by atoms with Gasteiger partial charge < -0.3 is 94.4 Å². The molecule has 12 rings (SSSR count). The number of nitrogens with one attached hydrogen (secondary N) is 4. The second-order valence-electron chi connectivity index (χ2n) is 34.6. The highest BCUT2D eigenvalue weighted by Crippen LogP contribution is 2.35. The lowest BCUT2D eigenvalue weighted by atomic mass is 9.83. The fourth-order valence-electron chi connectivity index (χ4n) is 17.3. The van der Waals surface area contributed by atoms with Crippen molar-refractivity contribution in [2.45, 2.75) is 212 Å². The number of fused-ring (bicyclic) bond motifs is 5. The molecule has 9 heterocycles. The van der Waals surface area contributed by atoms with Crippen LogP contribution in [0.1, 0.15) is 188 Å². The average Bonchev–Trinajstić information content (AvgIpc) is 1.44. The molecule has 130 heavy (non-hydrogen) atoms. The molecule has 4 fully saturated rings. The highest BCUT2D eigenvalue weighted by Gasteiger charge is 2.42. The Morgan fingerprint density at radius 1 is 0.669 bits per heavy atom. The minimum atomic E-state index is -1.09. The number of allylic oxidation sites excluding steroid dienone is 6. The van der Waals surface area contributed by atoms with Gasteiger partial charge in [0.2, 0.25) is 23.6 Å². The number of methoxy groups -OCH3 is 1. The highest BCUT2D eigenvalue weighted by atomic mass is 16.6. The van der Waals surface area contributed by atoms with Gasteiger partial charge in [-0.1, -0.05) is 75.4 Å². The number of benzene rings is 2. The Kier molecular flexibility index (Phi) is 36.9. The predicted molar refractivity (Wildman–Crippen MR) is 486 cm³/mol. The van der Waals surface area contributed by atoms with Crippen molar-refractivity contribution in [2.75, 3.05) is 132 Å². The van der Waals surface area contributed by atoms with E-state index in [1.807, 2.05) is 68.2 Å². The van der Waals surface area contributed by atoms with Crippen molar-refractivity contribution in [1.82, 2.24) is 55.3 Å². The lowest BCUT2D eigenvalue weighted by molar-refractivity contribution is -0.167. The van der Waals surface area contributed by atoms with Crippen LogP contribution in [-0.2, 0) is 92.7 Å². The normalized spacial score (nSPS) is 23.9. The molecule has 1 saturated carbocycles. The first-order valence-corrected chi connectivity index (χ1v) is 45.7. The monoisotopic (exact) mass is 1790 g/mol. The molecule has 35 nitrogen and oxygen atoms in total. The van der Waals surface area contributed by atoms with Gasteiger partial charge in [-0.05, 0) is 162 Å². The van der Waals surface area contributed by atoms with Crippen molar-refractivity contribution >= 4 is 93.5 Å². The van der Waals surface area contributed by atoms with Crippen molar-refractivity contribution in [1.29, 1.82) is 5.41 Å². The molecule has 0 radical (unpaired) electrons. The number of piperazine rings is 1. The number of aliphatic hydroxyl groups excluding tert-OH is 1. The van der Waals surface area contributed by atoms with Crippen LogP contribution >= 0.6 is 0 Å². The van der Waals surface area contributed by atoms with E-state index >= 15 is 0 Å². The third kappa shape index (κ3) is 28.6. The summed E-state index contributed by atoms with van der Waals surface area (Å²) in [6, 6.07) is 10.3. The largest absolute Gasteiger partial charge is 0.460 e. The van der Waals surface area contributed by atoms with Crippen molar-refractivity contribution in [3.63, 3.8) is 0 Å².